The zero-order chi connectivity index (χ0) is 19.2. The van der Waals surface area contributed by atoms with Crippen LogP contribution in [0.2, 0.25) is 0 Å². The van der Waals surface area contributed by atoms with E-state index < -0.39 is 16.0 Å². The second-order valence-corrected chi connectivity index (χ2v) is 8.36. The van der Waals surface area contributed by atoms with Crippen molar-refractivity contribution in [3.63, 3.8) is 0 Å². The summed E-state index contributed by atoms with van der Waals surface area (Å²) in [5.74, 6) is -0.546. The second kappa shape index (κ2) is 9.21. The average molecular weight is 394 g/mol. The van der Waals surface area contributed by atoms with Crippen LogP contribution in [0.1, 0.15) is 29.8 Å². The molecule has 0 aliphatic rings. The van der Waals surface area contributed by atoms with E-state index in [9.17, 15) is 13.2 Å². The van der Waals surface area contributed by atoms with Gasteiger partial charge in [0.25, 0.3) is 0 Å². The molecule has 0 aliphatic carbocycles. The molecule has 2 aromatic carbocycles. The zero-order valence-electron chi connectivity index (χ0n) is 15.1. The highest BCUT2D eigenvalue weighted by Crippen LogP contribution is 2.19. The zero-order valence-corrected chi connectivity index (χ0v) is 16.8. The number of benzene rings is 2. The number of hydrogen-bond donors (Lipinski definition) is 0. The highest BCUT2D eigenvalue weighted by Gasteiger charge is 2.22. The highest BCUT2D eigenvalue weighted by atomic mass is 32.2. The van der Waals surface area contributed by atoms with E-state index >= 15 is 0 Å². The molecule has 2 aromatic rings. The summed E-state index contributed by atoms with van der Waals surface area (Å²) in [7, 11) is -3.61. The maximum atomic E-state index is 12.6. The number of hydrogen-bond acceptors (Lipinski definition) is 5. The minimum atomic E-state index is -3.61. The monoisotopic (exact) mass is 393 g/mol. The van der Waals surface area contributed by atoms with Gasteiger partial charge in [-0.2, -0.15) is 4.31 Å². The summed E-state index contributed by atoms with van der Waals surface area (Å²) in [6.45, 7) is 4.45. The Balaban J connectivity index is 2.12. The molecular weight excluding hydrogens is 370 g/mol. The minimum Gasteiger partial charge on any atom is -0.457 e. The molecule has 0 spiro atoms. The molecule has 26 heavy (non-hydrogen) atoms. The summed E-state index contributed by atoms with van der Waals surface area (Å²) in [5.41, 5.74) is 1.10. The van der Waals surface area contributed by atoms with Crippen LogP contribution >= 0.6 is 11.8 Å². The smallest absolute Gasteiger partial charge is 0.338 e. The fraction of sp³-hybridized carbons (Fsp3) is 0.316. The summed E-state index contributed by atoms with van der Waals surface area (Å²) in [6.07, 6.45) is 1.99. The molecule has 0 atom stereocenters. The molecule has 0 unspecified atom stereocenters. The van der Waals surface area contributed by atoms with E-state index in [1.807, 2.05) is 30.5 Å². The molecule has 0 radical (unpaired) electrons. The Kier molecular flexibility index (Phi) is 7.25. The number of esters is 1. The second-order valence-electron chi connectivity index (χ2n) is 5.54. The van der Waals surface area contributed by atoms with Crippen LogP contribution in [-0.2, 0) is 21.4 Å². The van der Waals surface area contributed by atoms with Crippen molar-refractivity contribution in [3.05, 3.63) is 59.7 Å². The van der Waals surface area contributed by atoms with Crippen molar-refractivity contribution < 1.29 is 17.9 Å². The Hall–Kier alpha value is -1.83. The van der Waals surface area contributed by atoms with Crippen LogP contribution in [0.25, 0.3) is 0 Å². The van der Waals surface area contributed by atoms with Gasteiger partial charge in [0.15, 0.2) is 0 Å². The van der Waals surface area contributed by atoms with Gasteiger partial charge in [0, 0.05) is 18.0 Å². The standard InChI is InChI=1S/C19H23NO4S2/c1-4-20(5-2)26(22,23)18-8-6-7-16(13-18)19(21)24-14-15-9-11-17(25-3)12-10-15/h6-13H,4-5,14H2,1-3H3. The fourth-order valence-corrected chi connectivity index (χ4v) is 4.36. The molecule has 0 heterocycles. The fourth-order valence-electron chi connectivity index (χ4n) is 2.45. The van der Waals surface area contributed by atoms with Crippen LogP contribution in [0.15, 0.2) is 58.3 Å². The van der Waals surface area contributed by atoms with Crippen LogP contribution < -0.4 is 0 Å². The van der Waals surface area contributed by atoms with E-state index in [-0.39, 0.29) is 17.1 Å². The predicted molar refractivity (Wildman–Crippen MR) is 104 cm³/mol. The van der Waals surface area contributed by atoms with Crippen LogP contribution in [0.3, 0.4) is 0 Å². The van der Waals surface area contributed by atoms with E-state index in [1.165, 1.54) is 16.4 Å². The average Bonchev–Trinajstić information content (AvgIpc) is 2.67. The number of nitrogens with zero attached hydrogens (tertiary/aromatic N) is 1. The molecule has 0 bridgehead atoms. The van der Waals surface area contributed by atoms with E-state index in [0.717, 1.165) is 10.5 Å². The third-order valence-electron chi connectivity index (χ3n) is 3.94. The van der Waals surface area contributed by atoms with Crippen LogP contribution in [0, 0.1) is 0 Å². The molecule has 0 saturated heterocycles. The first-order valence-electron chi connectivity index (χ1n) is 8.32. The quantitative estimate of drug-likeness (QED) is 0.504. The Morgan fingerprint density at radius 1 is 1.08 bits per heavy atom. The molecule has 0 N–H and O–H groups in total. The first kappa shape index (κ1) is 20.5. The van der Waals surface area contributed by atoms with Gasteiger partial charge >= 0.3 is 5.97 Å². The van der Waals surface area contributed by atoms with Gasteiger partial charge in [-0.1, -0.05) is 32.0 Å². The van der Waals surface area contributed by atoms with Gasteiger partial charge in [-0.15, -0.1) is 11.8 Å². The van der Waals surface area contributed by atoms with Gasteiger partial charge in [-0.25, -0.2) is 13.2 Å². The molecular formula is C19H23NO4S2. The predicted octanol–water partition coefficient (Wildman–Crippen LogP) is 3.80. The Bertz CT molecular complexity index is 844. The van der Waals surface area contributed by atoms with Crippen LogP contribution in [-0.4, -0.2) is 38.0 Å². The molecule has 2 rings (SSSR count). The van der Waals surface area contributed by atoms with Gasteiger partial charge in [-0.05, 0) is 42.2 Å². The Morgan fingerprint density at radius 2 is 1.73 bits per heavy atom. The number of rotatable bonds is 8. The first-order chi connectivity index (χ1) is 12.4. The van der Waals surface area contributed by atoms with Gasteiger partial charge < -0.3 is 4.74 Å². The summed E-state index contributed by atoms with van der Waals surface area (Å²) in [5, 5.41) is 0. The number of thioether (sulfide) groups is 1. The molecule has 0 fully saturated rings. The van der Waals surface area contributed by atoms with Gasteiger partial charge in [-0.3, -0.25) is 0 Å². The summed E-state index contributed by atoms with van der Waals surface area (Å²) >= 11 is 1.64. The lowest BCUT2D eigenvalue weighted by Crippen LogP contribution is -2.30. The van der Waals surface area contributed by atoms with Crippen molar-refractivity contribution in [1.29, 1.82) is 0 Å². The third-order valence-corrected chi connectivity index (χ3v) is 6.73. The van der Waals surface area contributed by atoms with Gasteiger partial charge in [0.05, 0.1) is 10.5 Å². The maximum absolute atomic E-state index is 12.6. The lowest BCUT2D eigenvalue weighted by Gasteiger charge is -2.18. The number of carbonyl (C=O) groups excluding carboxylic acids is 1. The van der Waals surface area contributed by atoms with Crippen molar-refractivity contribution >= 4 is 27.8 Å². The molecule has 0 aromatic heterocycles. The van der Waals surface area contributed by atoms with Crippen molar-refractivity contribution in [2.75, 3.05) is 19.3 Å². The van der Waals surface area contributed by atoms with E-state index in [4.69, 9.17) is 4.74 Å². The summed E-state index contributed by atoms with van der Waals surface area (Å²) in [4.78, 5) is 13.5. The highest BCUT2D eigenvalue weighted by molar-refractivity contribution is 7.98. The molecule has 5 nitrogen and oxygen atoms in total. The van der Waals surface area contributed by atoms with Crippen molar-refractivity contribution in [1.82, 2.24) is 4.31 Å². The van der Waals surface area contributed by atoms with Crippen molar-refractivity contribution in [2.45, 2.75) is 30.2 Å². The van der Waals surface area contributed by atoms with Crippen LogP contribution in [0.4, 0.5) is 0 Å². The summed E-state index contributed by atoms with van der Waals surface area (Å²) < 4.78 is 31.8. The van der Waals surface area contributed by atoms with Gasteiger partial charge in [0.2, 0.25) is 10.0 Å². The topological polar surface area (TPSA) is 63.7 Å². The number of ether oxygens (including phenoxy) is 1. The lowest BCUT2D eigenvalue weighted by molar-refractivity contribution is 0.0472. The number of carbonyl (C=O) groups is 1. The molecule has 0 saturated carbocycles. The summed E-state index contributed by atoms with van der Waals surface area (Å²) in [6, 6.07) is 13.7. The molecule has 0 aliphatic heterocycles. The van der Waals surface area contributed by atoms with E-state index in [2.05, 4.69) is 0 Å². The lowest BCUT2D eigenvalue weighted by atomic mass is 10.2. The SMILES string of the molecule is CCN(CC)S(=O)(=O)c1cccc(C(=O)OCc2ccc(SC)cc2)c1. The Morgan fingerprint density at radius 3 is 2.31 bits per heavy atom. The van der Waals surface area contributed by atoms with Crippen molar-refractivity contribution in [3.8, 4) is 0 Å². The molecule has 0 amide bonds. The third kappa shape index (κ3) is 4.87. The first-order valence-corrected chi connectivity index (χ1v) is 11.0. The van der Waals surface area contributed by atoms with E-state index in [0.29, 0.717) is 13.1 Å². The van der Waals surface area contributed by atoms with Crippen molar-refractivity contribution in [2.24, 2.45) is 0 Å². The Labute approximate surface area is 159 Å². The van der Waals surface area contributed by atoms with E-state index in [1.54, 1.807) is 37.7 Å². The molecule has 140 valence electrons. The normalized spacial score (nSPS) is 11.5. The largest absolute Gasteiger partial charge is 0.457 e. The maximum Gasteiger partial charge on any atom is 0.338 e. The number of sulfonamides is 1. The van der Waals surface area contributed by atoms with Gasteiger partial charge in [0.1, 0.15) is 6.61 Å². The van der Waals surface area contributed by atoms with Crippen LogP contribution in [0.5, 0.6) is 0 Å². The molecule has 7 heteroatoms. The minimum absolute atomic E-state index is 0.0972.